The van der Waals surface area contributed by atoms with E-state index in [2.05, 4.69) is 65.7 Å². The molecule has 0 saturated carbocycles. The van der Waals surface area contributed by atoms with Gasteiger partial charge in [-0.3, -0.25) is 4.98 Å². The van der Waals surface area contributed by atoms with E-state index in [-0.39, 0.29) is 0 Å². The molecule has 0 spiro atoms. The highest BCUT2D eigenvalue weighted by Crippen LogP contribution is 2.44. The predicted molar refractivity (Wildman–Crippen MR) is 188 cm³/mol. The van der Waals surface area contributed by atoms with Crippen LogP contribution in [0.25, 0.3) is 61.3 Å². The number of pyridine rings is 1. The van der Waals surface area contributed by atoms with E-state index in [1.54, 1.807) is 0 Å². The monoisotopic (exact) mass is 626 g/mol. The third kappa shape index (κ3) is 5.26. The molecule has 0 bridgehead atoms. The minimum atomic E-state index is 0.777. The number of fused-ring (bicyclic) bond motifs is 2. The van der Waals surface area contributed by atoms with Gasteiger partial charge in [0.05, 0.1) is 23.1 Å². The van der Waals surface area contributed by atoms with Gasteiger partial charge in [0.2, 0.25) is 0 Å². The lowest BCUT2D eigenvalue weighted by atomic mass is 9.88. The Bertz CT molecular complexity index is 2160. The number of hydrogen-bond donors (Lipinski definition) is 0. The second kappa shape index (κ2) is 11.9. The second-order valence-corrected chi connectivity index (χ2v) is 12.9. The number of halogens is 2. The van der Waals surface area contributed by atoms with Gasteiger partial charge in [0.15, 0.2) is 5.65 Å². The Kier molecular flexibility index (Phi) is 7.48. The van der Waals surface area contributed by atoms with Gasteiger partial charge in [-0.2, -0.15) is 5.10 Å². The first kappa shape index (κ1) is 28.2. The fourth-order valence-electron chi connectivity index (χ4n) is 6.92. The smallest absolute Gasteiger partial charge is 0.156 e. The maximum absolute atomic E-state index is 6.87. The molecule has 8 rings (SSSR count). The molecule has 4 nitrogen and oxygen atoms in total. The highest BCUT2D eigenvalue weighted by atomic mass is 35.5. The van der Waals surface area contributed by atoms with E-state index >= 15 is 0 Å². The molecule has 3 heterocycles. The normalized spacial score (nSPS) is 15.3. The number of allylic oxidation sites excluding steroid dienone is 4. The van der Waals surface area contributed by atoms with E-state index in [0.29, 0.717) is 0 Å². The number of aromatic nitrogens is 4. The summed E-state index contributed by atoms with van der Waals surface area (Å²) in [7, 11) is 0. The molecule has 0 aliphatic heterocycles. The van der Waals surface area contributed by atoms with Crippen molar-refractivity contribution in [1.29, 1.82) is 0 Å². The quantitative estimate of drug-likeness (QED) is 0.191. The lowest BCUT2D eigenvalue weighted by Crippen LogP contribution is -2.04. The van der Waals surface area contributed by atoms with Crippen molar-refractivity contribution in [1.82, 2.24) is 19.6 Å². The van der Waals surface area contributed by atoms with Gasteiger partial charge >= 0.3 is 0 Å². The van der Waals surface area contributed by atoms with E-state index in [9.17, 15) is 0 Å². The summed E-state index contributed by atoms with van der Waals surface area (Å²) in [5.41, 5.74) is 12.6. The van der Waals surface area contributed by atoms with Gasteiger partial charge in [-0.1, -0.05) is 59.6 Å². The first-order valence-electron chi connectivity index (χ1n) is 15.9. The zero-order valence-corrected chi connectivity index (χ0v) is 26.5. The van der Waals surface area contributed by atoms with E-state index in [1.807, 2.05) is 41.2 Å². The molecule has 0 atom stereocenters. The van der Waals surface area contributed by atoms with Crippen LogP contribution in [-0.4, -0.2) is 19.6 Å². The van der Waals surface area contributed by atoms with Gasteiger partial charge in [0.25, 0.3) is 0 Å². The van der Waals surface area contributed by atoms with Crippen molar-refractivity contribution in [2.75, 3.05) is 0 Å². The van der Waals surface area contributed by atoms with Crippen LogP contribution < -0.4 is 0 Å². The molecule has 6 aromatic rings. The first-order chi connectivity index (χ1) is 22.1. The van der Waals surface area contributed by atoms with Gasteiger partial charge in [0.1, 0.15) is 0 Å². The molecule has 2 aliphatic carbocycles. The van der Waals surface area contributed by atoms with Crippen molar-refractivity contribution in [3.05, 3.63) is 119 Å². The van der Waals surface area contributed by atoms with Crippen LogP contribution in [0, 0.1) is 0 Å². The molecule has 2 aliphatic rings. The standard InChI is InChI=1S/C39H32Cl2N4/c40-33-16-13-29(23-31(33)25-8-3-1-4-9-25)38-37(28-15-18-35-27(22-28)12-7-20-42-35)39(45-36(44-38)19-21-43-45)30-14-17-34(41)32(24-30)26-10-5-2-6-11-26/h7-8,10,12-24H,1-6,9,11H2. The van der Waals surface area contributed by atoms with Crippen molar-refractivity contribution >= 4 is 50.9 Å². The Morgan fingerprint density at radius 1 is 0.644 bits per heavy atom. The number of hydrogen-bond acceptors (Lipinski definition) is 3. The molecule has 3 aromatic heterocycles. The number of rotatable bonds is 5. The van der Waals surface area contributed by atoms with Gasteiger partial charge in [0, 0.05) is 44.4 Å². The SMILES string of the molecule is Clc1ccc(-c2nc3ccnn3c(-c3ccc(Cl)c(C4=CCCCC4)c3)c2-c2ccc3ncccc3c2)cc1C1=CCCCC1. The number of nitrogens with zero attached hydrogens (tertiary/aromatic N) is 4. The Balaban J connectivity index is 1.43. The van der Waals surface area contributed by atoms with Gasteiger partial charge in [-0.05, 0) is 122 Å². The van der Waals surface area contributed by atoms with E-state index < -0.39 is 0 Å². The molecule has 0 unspecified atom stereocenters. The summed E-state index contributed by atoms with van der Waals surface area (Å²) in [4.78, 5) is 9.87. The predicted octanol–water partition coefficient (Wildman–Crippen LogP) is 11.5. The molecule has 222 valence electrons. The third-order valence-electron chi connectivity index (χ3n) is 9.18. The van der Waals surface area contributed by atoms with E-state index in [4.69, 9.17) is 33.3 Å². The molecule has 6 heteroatoms. The first-order valence-corrected chi connectivity index (χ1v) is 16.6. The molecular weight excluding hydrogens is 595 g/mol. The highest BCUT2D eigenvalue weighted by molar-refractivity contribution is 6.33. The topological polar surface area (TPSA) is 43.1 Å². The van der Waals surface area contributed by atoms with Crippen molar-refractivity contribution in [3.63, 3.8) is 0 Å². The Hall–Kier alpha value is -4.25. The fourth-order valence-corrected chi connectivity index (χ4v) is 7.40. The van der Waals surface area contributed by atoms with Crippen molar-refractivity contribution in [2.45, 2.75) is 51.4 Å². The van der Waals surface area contributed by atoms with Crippen LogP contribution in [0.3, 0.4) is 0 Å². The Labute approximate surface area is 273 Å². The Morgan fingerprint density at radius 3 is 2.04 bits per heavy atom. The summed E-state index contributed by atoms with van der Waals surface area (Å²) in [6.45, 7) is 0. The minimum Gasteiger partial charge on any atom is -0.256 e. The average molecular weight is 628 g/mol. The van der Waals surface area contributed by atoms with E-state index in [1.165, 1.54) is 36.8 Å². The molecule has 0 N–H and O–H groups in total. The zero-order chi connectivity index (χ0) is 30.3. The van der Waals surface area contributed by atoms with Crippen LogP contribution in [0.2, 0.25) is 10.0 Å². The van der Waals surface area contributed by atoms with E-state index in [0.717, 1.165) is 97.0 Å². The zero-order valence-electron chi connectivity index (χ0n) is 24.9. The fraction of sp³-hybridized carbons (Fsp3) is 0.205. The lowest BCUT2D eigenvalue weighted by Gasteiger charge is -2.20. The van der Waals surface area contributed by atoms with Gasteiger partial charge < -0.3 is 0 Å². The summed E-state index contributed by atoms with van der Waals surface area (Å²) in [6.07, 6.45) is 17.4. The molecule has 45 heavy (non-hydrogen) atoms. The maximum Gasteiger partial charge on any atom is 0.156 e. The Morgan fingerprint density at radius 2 is 1.33 bits per heavy atom. The van der Waals surface area contributed by atoms with Crippen LogP contribution in [0.1, 0.15) is 62.5 Å². The summed E-state index contributed by atoms with van der Waals surface area (Å²) in [6, 6.07) is 25.2. The second-order valence-electron chi connectivity index (χ2n) is 12.0. The molecular formula is C39H32Cl2N4. The van der Waals surface area contributed by atoms with Crippen LogP contribution in [-0.2, 0) is 0 Å². The molecule has 3 aromatic carbocycles. The maximum atomic E-state index is 6.87. The van der Waals surface area contributed by atoms with Crippen LogP contribution in [0.15, 0.2) is 97.3 Å². The van der Waals surface area contributed by atoms with Gasteiger partial charge in [-0.15, -0.1) is 0 Å². The largest absolute Gasteiger partial charge is 0.256 e. The van der Waals surface area contributed by atoms with Crippen LogP contribution >= 0.6 is 23.2 Å². The lowest BCUT2D eigenvalue weighted by molar-refractivity contribution is 0.742. The summed E-state index contributed by atoms with van der Waals surface area (Å²) >= 11 is 13.7. The highest BCUT2D eigenvalue weighted by Gasteiger charge is 2.23. The summed E-state index contributed by atoms with van der Waals surface area (Å²) in [5, 5.41) is 7.44. The molecule has 0 radical (unpaired) electrons. The van der Waals surface area contributed by atoms with Crippen molar-refractivity contribution in [2.24, 2.45) is 0 Å². The third-order valence-corrected chi connectivity index (χ3v) is 9.84. The molecule has 0 amide bonds. The summed E-state index contributed by atoms with van der Waals surface area (Å²) < 4.78 is 1.97. The number of benzene rings is 3. The minimum absolute atomic E-state index is 0.777. The molecule has 0 saturated heterocycles. The van der Waals surface area contributed by atoms with Crippen LogP contribution in [0.4, 0.5) is 0 Å². The molecule has 0 fully saturated rings. The van der Waals surface area contributed by atoms with Crippen molar-refractivity contribution < 1.29 is 0 Å². The van der Waals surface area contributed by atoms with Crippen LogP contribution in [0.5, 0.6) is 0 Å². The van der Waals surface area contributed by atoms with Gasteiger partial charge in [-0.25, -0.2) is 9.50 Å². The average Bonchev–Trinajstić information content (AvgIpc) is 3.57. The summed E-state index contributed by atoms with van der Waals surface area (Å²) in [5.74, 6) is 0. The van der Waals surface area contributed by atoms with Crippen molar-refractivity contribution in [3.8, 4) is 33.6 Å².